The number of anilines is 1. The molecule has 1 aromatic carbocycles. The number of nitrogens with one attached hydrogen (secondary N) is 2. The minimum atomic E-state index is -1.38. The summed E-state index contributed by atoms with van der Waals surface area (Å²) in [5.74, 6) is 0.119. The first-order valence-electron chi connectivity index (χ1n) is 7.09. The van der Waals surface area contributed by atoms with Crippen LogP contribution in [0.25, 0.3) is 10.9 Å². The third-order valence-corrected chi connectivity index (χ3v) is 3.43. The van der Waals surface area contributed by atoms with Crippen LogP contribution in [0, 0.1) is 6.92 Å². The maximum absolute atomic E-state index is 12.0. The van der Waals surface area contributed by atoms with Crippen molar-refractivity contribution in [2.24, 2.45) is 0 Å². The Morgan fingerprint density at radius 1 is 1.38 bits per heavy atom. The van der Waals surface area contributed by atoms with Gasteiger partial charge in [-0.15, -0.1) is 0 Å². The minimum absolute atomic E-state index is 0.407. The lowest BCUT2D eigenvalue weighted by Crippen LogP contribution is -2.46. The van der Waals surface area contributed by atoms with Crippen molar-refractivity contribution in [3.05, 3.63) is 35.9 Å². The lowest BCUT2D eigenvalue weighted by Gasteiger charge is -2.22. The number of carbonyl (C=O) groups is 1. The van der Waals surface area contributed by atoms with Gasteiger partial charge in [0.25, 0.3) is 5.91 Å². The van der Waals surface area contributed by atoms with Crippen molar-refractivity contribution in [1.29, 1.82) is 0 Å². The molecule has 0 aliphatic heterocycles. The lowest BCUT2D eigenvalue weighted by molar-refractivity contribution is -0.138. The van der Waals surface area contributed by atoms with Crippen LogP contribution in [-0.4, -0.2) is 21.6 Å². The standard InChI is InChI=1S/C16H21N3O2/c1-4-9-16(3,21)15(20)19-18-14-11(2)10-12-7-5-6-8-13(12)17-14/h5-8,10,21H,4,9H2,1-3H3,(H,17,18)(H,19,20). The van der Waals surface area contributed by atoms with E-state index in [0.29, 0.717) is 12.2 Å². The Morgan fingerprint density at radius 2 is 2.10 bits per heavy atom. The molecule has 0 saturated heterocycles. The van der Waals surface area contributed by atoms with Gasteiger partial charge in [-0.25, -0.2) is 4.98 Å². The van der Waals surface area contributed by atoms with Crippen LogP contribution in [0.2, 0.25) is 0 Å². The molecule has 2 rings (SSSR count). The Kier molecular flexibility index (Phi) is 4.43. The smallest absolute Gasteiger partial charge is 0.269 e. The van der Waals surface area contributed by atoms with Gasteiger partial charge >= 0.3 is 0 Å². The normalized spacial score (nSPS) is 13.7. The second-order valence-corrected chi connectivity index (χ2v) is 5.45. The Morgan fingerprint density at radius 3 is 2.81 bits per heavy atom. The van der Waals surface area contributed by atoms with E-state index in [4.69, 9.17) is 0 Å². The monoisotopic (exact) mass is 287 g/mol. The molecule has 1 atom stereocenters. The summed E-state index contributed by atoms with van der Waals surface area (Å²) in [5.41, 5.74) is 5.71. The third-order valence-electron chi connectivity index (χ3n) is 3.43. The number of aliphatic hydroxyl groups is 1. The first-order valence-corrected chi connectivity index (χ1v) is 7.09. The van der Waals surface area contributed by atoms with Crippen molar-refractivity contribution >= 4 is 22.6 Å². The topological polar surface area (TPSA) is 74.2 Å². The van der Waals surface area contributed by atoms with Crippen molar-refractivity contribution in [3.8, 4) is 0 Å². The number of hydrogen-bond donors (Lipinski definition) is 3. The Labute approximate surface area is 124 Å². The fraction of sp³-hybridized carbons (Fsp3) is 0.375. The van der Waals surface area contributed by atoms with Crippen LogP contribution in [0.3, 0.4) is 0 Å². The van der Waals surface area contributed by atoms with Gasteiger partial charge in [-0.05, 0) is 38.0 Å². The number of amides is 1. The van der Waals surface area contributed by atoms with Gasteiger partial charge in [0.2, 0.25) is 0 Å². The van der Waals surface area contributed by atoms with Crippen LogP contribution in [0.1, 0.15) is 32.3 Å². The number of hydrogen-bond acceptors (Lipinski definition) is 4. The van der Waals surface area contributed by atoms with Crippen LogP contribution < -0.4 is 10.9 Å². The van der Waals surface area contributed by atoms with Gasteiger partial charge in [-0.1, -0.05) is 31.5 Å². The molecule has 2 aromatic rings. The van der Waals surface area contributed by atoms with E-state index in [1.54, 1.807) is 0 Å². The SMILES string of the molecule is CCCC(C)(O)C(=O)NNc1nc2ccccc2cc1C. The fourth-order valence-electron chi connectivity index (χ4n) is 2.20. The van der Waals surface area contributed by atoms with Gasteiger partial charge in [0, 0.05) is 5.39 Å². The third kappa shape index (κ3) is 3.49. The molecular weight excluding hydrogens is 266 g/mol. The highest BCUT2D eigenvalue weighted by molar-refractivity contribution is 5.86. The number of rotatable bonds is 5. The molecule has 1 amide bonds. The minimum Gasteiger partial charge on any atom is -0.380 e. The quantitative estimate of drug-likeness (QED) is 0.739. The Balaban J connectivity index is 2.13. The van der Waals surface area contributed by atoms with Crippen LogP contribution >= 0.6 is 0 Å². The molecule has 0 saturated carbocycles. The number of aromatic nitrogens is 1. The molecule has 0 fully saturated rings. The number of aryl methyl sites for hydroxylation is 1. The van der Waals surface area contributed by atoms with Crippen LogP contribution in [-0.2, 0) is 4.79 Å². The predicted molar refractivity (Wildman–Crippen MR) is 83.8 cm³/mol. The molecule has 3 N–H and O–H groups in total. The molecule has 5 nitrogen and oxygen atoms in total. The summed E-state index contributed by atoms with van der Waals surface area (Å²) in [5, 5.41) is 11.1. The average molecular weight is 287 g/mol. The van der Waals surface area contributed by atoms with E-state index in [0.717, 1.165) is 22.9 Å². The summed E-state index contributed by atoms with van der Waals surface area (Å²) in [6.07, 6.45) is 1.14. The average Bonchev–Trinajstić information content (AvgIpc) is 2.44. The molecule has 112 valence electrons. The highest BCUT2D eigenvalue weighted by Gasteiger charge is 2.29. The molecular formula is C16H21N3O2. The summed E-state index contributed by atoms with van der Waals surface area (Å²) in [6, 6.07) is 9.78. The molecule has 0 bridgehead atoms. The van der Waals surface area contributed by atoms with E-state index in [9.17, 15) is 9.90 Å². The lowest BCUT2D eigenvalue weighted by atomic mass is 10.0. The second-order valence-electron chi connectivity index (χ2n) is 5.45. The zero-order valence-electron chi connectivity index (χ0n) is 12.6. The second kappa shape index (κ2) is 6.10. The van der Waals surface area contributed by atoms with Crippen molar-refractivity contribution in [3.63, 3.8) is 0 Å². The number of nitrogens with zero attached hydrogens (tertiary/aromatic N) is 1. The van der Waals surface area contributed by atoms with E-state index in [1.165, 1.54) is 6.92 Å². The maximum atomic E-state index is 12.0. The van der Waals surface area contributed by atoms with Crippen molar-refractivity contribution < 1.29 is 9.90 Å². The highest BCUT2D eigenvalue weighted by Crippen LogP contribution is 2.19. The zero-order chi connectivity index (χ0) is 15.5. The molecule has 21 heavy (non-hydrogen) atoms. The number of hydrazine groups is 1. The van der Waals surface area contributed by atoms with Crippen molar-refractivity contribution in [2.45, 2.75) is 39.2 Å². The van der Waals surface area contributed by atoms with Gasteiger partial charge < -0.3 is 5.11 Å². The van der Waals surface area contributed by atoms with E-state index < -0.39 is 11.5 Å². The van der Waals surface area contributed by atoms with Gasteiger partial charge in [-0.2, -0.15) is 0 Å². The molecule has 5 heteroatoms. The zero-order valence-corrected chi connectivity index (χ0v) is 12.6. The van der Waals surface area contributed by atoms with Crippen LogP contribution in [0.4, 0.5) is 5.82 Å². The summed E-state index contributed by atoms with van der Waals surface area (Å²) < 4.78 is 0. The van der Waals surface area contributed by atoms with Gasteiger partial charge in [0.15, 0.2) is 0 Å². The van der Waals surface area contributed by atoms with Gasteiger partial charge in [0.1, 0.15) is 11.4 Å². The summed E-state index contributed by atoms with van der Waals surface area (Å²) in [4.78, 5) is 16.4. The Hall–Kier alpha value is -2.14. The van der Waals surface area contributed by atoms with Gasteiger partial charge in [0.05, 0.1) is 5.52 Å². The number of benzene rings is 1. The Bertz CT molecular complexity index is 653. The summed E-state index contributed by atoms with van der Waals surface area (Å²) >= 11 is 0. The van der Waals surface area contributed by atoms with Crippen molar-refractivity contribution in [1.82, 2.24) is 10.4 Å². The largest absolute Gasteiger partial charge is 0.380 e. The van der Waals surface area contributed by atoms with Crippen LogP contribution in [0.15, 0.2) is 30.3 Å². The molecule has 0 spiro atoms. The molecule has 0 radical (unpaired) electrons. The predicted octanol–water partition coefficient (Wildman–Crippen LogP) is 2.54. The van der Waals surface area contributed by atoms with E-state index in [2.05, 4.69) is 15.8 Å². The molecule has 1 heterocycles. The van der Waals surface area contributed by atoms with E-state index >= 15 is 0 Å². The summed E-state index contributed by atoms with van der Waals surface area (Å²) in [7, 11) is 0. The van der Waals surface area contributed by atoms with Crippen LogP contribution in [0.5, 0.6) is 0 Å². The van der Waals surface area contributed by atoms with E-state index in [-0.39, 0.29) is 0 Å². The van der Waals surface area contributed by atoms with E-state index in [1.807, 2.05) is 44.2 Å². The summed E-state index contributed by atoms with van der Waals surface area (Å²) in [6.45, 7) is 5.34. The number of pyridine rings is 1. The molecule has 1 unspecified atom stereocenters. The highest BCUT2D eigenvalue weighted by atomic mass is 16.3. The maximum Gasteiger partial charge on any atom is 0.269 e. The molecule has 0 aliphatic carbocycles. The first kappa shape index (κ1) is 15.3. The number of carbonyl (C=O) groups excluding carboxylic acids is 1. The van der Waals surface area contributed by atoms with Crippen molar-refractivity contribution in [2.75, 3.05) is 5.43 Å². The van der Waals surface area contributed by atoms with Gasteiger partial charge in [-0.3, -0.25) is 15.6 Å². The fourth-order valence-corrected chi connectivity index (χ4v) is 2.20. The first-order chi connectivity index (χ1) is 9.94. The number of para-hydroxylation sites is 1. The molecule has 1 aromatic heterocycles. The number of fused-ring (bicyclic) bond motifs is 1. The molecule has 0 aliphatic rings.